The number of aromatic nitrogens is 2. The van der Waals surface area contributed by atoms with Crippen LogP contribution in [0, 0.1) is 10.6 Å². The molecule has 0 fully saturated rings. The number of carbonyl (C=O) groups excluding carboxylic acids is 1. The van der Waals surface area contributed by atoms with E-state index in [0.29, 0.717) is 10.6 Å². The maximum atomic E-state index is 12.9. The van der Waals surface area contributed by atoms with E-state index in [1.807, 2.05) is 19.1 Å². The molecule has 5 heteroatoms. The largest absolute Gasteiger partial charge is 0.280 e. The van der Waals surface area contributed by atoms with Gasteiger partial charge in [-0.05, 0) is 66.8 Å². The lowest BCUT2D eigenvalue weighted by molar-refractivity contribution is 0.0940. The second-order valence-electron chi connectivity index (χ2n) is 5.43. The van der Waals surface area contributed by atoms with Crippen LogP contribution in [-0.4, -0.2) is 15.7 Å². The maximum Gasteiger partial charge on any atom is 0.280 e. The molecule has 1 aromatic carbocycles. The molecule has 0 spiro atoms. The quantitative estimate of drug-likeness (QED) is 0.512. The average molecular weight is 415 g/mol. The van der Waals surface area contributed by atoms with E-state index in [1.165, 1.54) is 18.4 Å². The van der Waals surface area contributed by atoms with E-state index in [9.17, 15) is 4.79 Å². The fraction of sp³-hybridized carbons (Fsp3) is 0.375. The Morgan fingerprint density at radius 1 is 1.29 bits per heavy atom. The van der Waals surface area contributed by atoms with Crippen molar-refractivity contribution in [3.8, 4) is 0 Å². The van der Waals surface area contributed by atoms with E-state index >= 15 is 0 Å². The Labute approximate surface area is 142 Å². The van der Waals surface area contributed by atoms with Gasteiger partial charge < -0.3 is 0 Å². The molecule has 3 nitrogen and oxygen atoms in total. The first-order chi connectivity index (χ1) is 10.1. The number of hydrogen-bond acceptors (Lipinski definition) is 2. The standard InChI is InChI=1S/C16H16ClIN2O/c1-10-6-5-8-12(17)14(10)16(21)20-13-9-4-2-3-7-11(13)15(18)19-20/h5-6,8H,2-4,7,9H2,1H3. The molecule has 3 rings (SSSR count). The Morgan fingerprint density at radius 3 is 2.81 bits per heavy atom. The highest BCUT2D eigenvalue weighted by atomic mass is 127. The van der Waals surface area contributed by atoms with Crippen molar-refractivity contribution in [1.29, 1.82) is 0 Å². The predicted octanol–water partition coefficient (Wildman–Crippen LogP) is 4.41. The van der Waals surface area contributed by atoms with Gasteiger partial charge in [-0.25, -0.2) is 0 Å². The summed E-state index contributed by atoms with van der Waals surface area (Å²) in [6.07, 6.45) is 5.44. The van der Waals surface area contributed by atoms with Crippen LogP contribution in [0.15, 0.2) is 18.2 Å². The molecule has 110 valence electrons. The topological polar surface area (TPSA) is 34.9 Å². The molecule has 1 aliphatic rings. The third-order valence-electron chi connectivity index (χ3n) is 4.01. The van der Waals surface area contributed by atoms with E-state index in [-0.39, 0.29) is 5.91 Å². The summed E-state index contributed by atoms with van der Waals surface area (Å²) in [6, 6.07) is 5.53. The van der Waals surface area contributed by atoms with Crippen LogP contribution < -0.4 is 0 Å². The highest BCUT2D eigenvalue weighted by Gasteiger charge is 2.24. The van der Waals surface area contributed by atoms with Crippen LogP contribution >= 0.6 is 34.2 Å². The number of rotatable bonds is 1. The van der Waals surface area contributed by atoms with E-state index in [0.717, 1.165) is 34.2 Å². The van der Waals surface area contributed by atoms with Crippen molar-refractivity contribution >= 4 is 40.1 Å². The molecule has 0 N–H and O–H groups in total. The van der Waals surface area contributed by atoms with Gasteiger partial charge in [0.25, 0.3) is 5.91 Å². The Balaban J connectivity index is 2.11. The van der Waals surface area contributed by atoms with Crippen LogP contribution in [0.25, 0.3) is 0 Å². The average Bonchev–Trinajstić information content (AvgIpc) is 2.64. The Kier molecular flexibility index (Phi) is 4.36. The number of nitrogens with zero attached hydrogens (tertiary/aromatic N) is 2. The van der Waals surface area contributed by atoms with Crippen LogP contribution in [-0.2, 0) is 12.8 Å². The molecule has 0 amide bonds. The second kappa shape index (κ2) is 6.08. The molecule has 2 aromatic rings. The molecule has 21 heavy (non-hydrogen) atoms. The lowest BCUT2D eigenvalue weighted by Gasteiger charge is -2.10. The first-order valence-electron chi connectivity index (χ1n) is 7.15. The van der Waals surface area contributed by atoms with E-state index in [4.69, 9.17) is 11.6 Å². The van der Waals surface area contributed by atoms with E-state index in [1.54, 1.807) is 10.7 Å². The van der Waals surface area contributed by atoms with Gasteiger partial charge in [-0.1, -0.05) is 30.2 Å². The van der Waals surface area contributed by atoms with Crippen molar-refractivity contribution in [3.05, 3.63) is 49.3 Å². The van der Waals surface area contributed by atoms with Crippen LogP contribution in [0.5, 0.6) is 0 Å². The van der Waals surface area contributed by atoms with Gasteiger partial charge in [0.2, 0.25) is 0 Å². The van der Waals surface area contributed by atoms with Crippen LogP contribution in [0.4, 0.5) is 0 Å². The molecule has 0 aliphatic heterocycles. The maximum absolute atomic E-state index is 12.9. The first kappa shape index (κ1) is 15.0. The smallest absolute Gasteiger partial charge is 0.267 e. The summed E-state index contributed by atoms with van der Waals surface area (Å²) in [7, 11) is 0. The van der Waals surface area contributed by atoms with Crippen molar-refractivity contribution in [3.63, 3.8) is 0 Å². The van der Waals surface area contributed by atoms with Gasteiger partial charge in [0.1, 0.15) is 3.70 Å². The lowest BCUT2D eigenvalue weighted by atomic mass is 10.1. The molecule has 0 saturated carbocycles. The normalized spacial score (nSPS) is 14.6. The van der Waals surface area contributed by atoms with Crippen molar-refractivity contribution in [2.45, 2.75) is 39.0 Å². The van der Waals surface area contributed by atoms with Gasteiger partial charge in [0.05, 0.1) is 16.3 Å². The van der Waals surface area contributed by atoms with Crippen LogP contribution in [0.3, 0.4) is 0 Å². The highest BCUT2D eigenvalue weighted by molar-refractivity contribution is 14.1. The Hall–Kier alpha value is -0.880. The molecule has 0 atom stereocenters. The van der Waals surface area contributed by atoms with Gasteiger partial charge in [-0.3, -0.25) is 4.79 Å². The number of benzene rings is 1. The molecule has 0 radical (unpaired) electrons. The molecule has 0 unspecified atom stereocenters. The van der Waals surface area contributed by atoms with Crippen LogP contribution in [0.2, 0.25) is 5.02 Å². The highest BCUT2D eigenvalue weighted by Crippen LogP contribution is 2.27. The van der Waals surface area contributed by atoms with Crippen molar-refractivity contribution in [1.82, 2.24) is 9.78 Å². The molecule has 0 bridgehead atoms. The minimum Gasteiger partial charge on any atom is -0.267 e. The lowest BCUT2D eigenvalue weighted by Crippen LogP contribution is -2.18. The van der Waals surface area contributed by atoms with Crippen molar-refractivity contribution < 1.29 is 4.79 Å². The Bertz CT molecular complexity index is 688. The third kappa shape index (κ3) is 2.75. The predicted molar refractivity (Wildman–Crippen MR) is 92.1 cm³/mol. The summed E-state index contributed by atoms with van der Waals surface area (Å²) in [5.41, 5.74) is 3.76. The summed E-state index contributed by atoms with van der Waals surface area (Å²) < 4.78 is 2.53. The molecule has 1 heterocycles. The van der Waals surface area contributed by atoms with Gasteiger partial charge in [-0.2, -0.15) is 9.78 Å². The van der Waals surface area contributed by atoms with Gasteiger partial charge in [-0.15, -0.1) is 0 Å². The number of fused-ring (bicyclic) bond motifs is 1. The summed E-state index contributed by atoms with van der Waals surface area (Å²) in [5.74, 6) is -0.112. The molecule has 1 aromatic heterocycles. The van der Waals surface area contributed by atoms with Crippen molar-refractivity contribution in [2.75, 3.05) is 0 Å². The van der Waals surface area contributed by atoms with Gasteiger partial charge in [0, 0.05) is 5.56 Å². The summed E-state index contributed by atoms with van der Waals surface area (Å²) in [6.45, 7) is 1.91. The summed E-state index contributed by atoms with van der Waals surface area (Å²) in [5, 5.41) is 4.98. The van der Waals surface area contributed by atoms with Crippen LogP contribution in [0.1, 0.15) is 46.4 Å². The number of halogens is 2. The zero-order valence-corrected chi connectivity index (χ0v) is 14.7. The molecular weight excluding hydrogens is 399 g/mol. The zero-order chi connectivity index (χ0) is 15.0. The monoisotopic (exact) mass is 414 g/mol. The minimum atomic E-state index is -0.112. The van der Waals surface area contributed by atoms with Gasteiger partial charge in [0.15, 0.2) is 0 Å². The zero-order valence-electron chi connectivity index (χ0n) is 11.8. The third-order valence-corrected chi connectivity index (χ3v) is 5.19. The Morgan fingerprint density at radius 2 is 2.05 bits per heavy atom. The first-order valence-corrected chi connectivity index (χ1v) is 8.61. The van der Waals surface area contributed by atoms with E-state index < -0.39 is 0 Å². The molecular formula is C16H16ClIN2O. The summed E-state index contributed by atoms with van der Waals surface area (Å²) in [4.78, 5) is 12.9. The molecule has 0 saturated heterocycles. The van der Waals surface area contributed by atoms with Crippen molar-refractivity contribution in [2.24, 2.45) is 0 Å². The number of carbonyl (C=O) groups is 1. The van der Waals surface area contributed by atoms with E-state index in [2.05, 4.69) is 27.7 Å². The fourth-order valence-electron chi connectivity index (χ4n) is 2.91. The van der Waals surface area contributed by atoms with Gasteiger partial charge >= 0.3 is 0 Å². The number of hydrogen-bond donors (Lipinski definition) is 0. The minimum absolute atomic E-state index is 0.112. The number of aryl methyl sites for hydroxylation is 1. The molecule has 1 aliphatic carbocycles. The SMILES string of the molecule is Cc1cccc(Cl)c1C(=O)n1nc(I)c2c1CCCCC2. The fourth-order valence-corrected chi connectivity index (χ4v) is 4.01. The summed E-state index contributed by atoms with van der Waals surface area (Å²) >= 11 is 8.47. The second-order valence-corrected chi connectivity index (χ2v) is 6.85.